The van der Waals surface area contributed by atoms with Gasteiger partial charge in [0.25, 0.3) is 0 Å². The maximum absolute atomic E-state index is 12.3. The first kappa shape index (κ1) is 16.4. The van der Waals surface area contributed by atoms with Crippen molar-refractivity contribution >= 4 is 11.8 Å². The molecular weight excluding hydrogens is 306 g/mol. The third kappa shape index (κ3) is 4.10. The first-order valence-corrected chi connectivity index (χ1v) is 8.44. The number of aryl methyl sites for hydroxylation is 2. The predicted molar refractivity (Wildman–Crippen MR) is 89.7 cm³/mol. The zero-order valence-corrected chi connectivity index (χ0v) is 14.2. The summed E-state index contributed by atoms with van der Waals surface area (Å²) in [4.78, 5) is 22.7. The number of rotatable bonds is 4. The van der Waals surface area contributed by atoms with Crippen LogP contribution in [0.4, 0.5) is 10.6 Å². The van der Waals surface area contributed by atoms with Gasteiger partial charge in [-0.1, -0.05) is 18.1 Å². The van der Waals surface area contributed by atoms with Crippen molar-refractivity contribution in [1.29, 1.82) is 0 Å². The summed E-state index contributed by atoms with van der Waals surface area (Å²) in [7, 11) is 0. The van der Waals surface area contributed by atoms with Crippen LogP contribution in [0.5, 0.6) is 0 Å². The molecule has 0 atom stereocenters. The van der Waals surface area contributed by atoms with Crippen LogP contribution in [0.15, 0.2) is 22.9 Å². The number of nitrogens with zero attached hydrogens (tertiary/aromatic N) is 4. The minimum Gasteiger partial charge on any atom is -0.340 e. The van der Waals surface area contributed by atoms with Gasteiger partial charge in [-0.25, -0.2) is 9.78 Å². The third-order valence-electron chi connectivity index (χ3n) is 4.41. The van der Waals surface area contributed by atoms with E-state index >= 15 is 0 Å². The fraction of sp³-hybridized carbons (Fsp3) is 0.529. The zero-order valence-electron chi connectivity index (χ0n) is 14.2. The smallest absolute Gasteiger partial charge is 0.323 e. The Morgan fingerprint density at radius 2 is 2.17 bits per heavy atom. The van der Waals surface area contributed by atoms with Crippen molar-refractivity contribution in [3.63, 3.8) is 0 Å². The van der Waals surface area contributed by atoms with E-state index in [-0.39, 0.29) is 6.03 Å². The Labute approximate surface area is 141 Å². The number of carbonyl (C=O) groups excluding carboxylic acids is 1. The van der Waals surface area contributed by atoms with Gasteiger partial charge >= 0.3 is 6.03 Å². The zero-order chi connectivity index (χ0) is 16.9. The Balaban J connectivity index is 1.47. The van der Waals surface area contributed by atoms with Crippen LogP contribution in [0.25, 0.3) is 0 Å². The number of urea groups is 1. The first-order valence-electron chi connectivity index (χ1n) is 8.44. The Bertz CT molecular complexity index is 675. The molecule has 1 aliphatic rings. The van der Waals surface area contributed by atoms with Crippen molar-refractivity contribution in [2.75, 3.05) is 18.4 Å². The summed E-state index contributed by atoms with van der Waals surface area (Å²) in [5, 5.41) is 6.81. The van der Waals surface area contributed by atoms with Gasteiger partial charge in [-0.05, 0) is 36.8 Å². The lowest BCUT2D eigenvalue weighted by molar-refractivity contribution is 0.181. The molecular formula is C17H23N5O2. The summed E-state index contributed by atoms with van der Waals surface area (Å²) in [5.74, 6) is 2.45. The summed E-state index contributed by atoms with van der Waals surface area (Å²) in [6.07, 6.45) is 5.45. The summed E-state index contributed by atoms with van der Waals surface area (Å²) >= 11 is 0. The Kier molecular flexibility index (Phi) is 5.08. The van der Waals surface area contributed by atoms with E-state index < -0.39 is 0 Å². The molecule has 0 bridgehead atoms. The highest BCUT2D eigenvalue weighted by molar-refractivity contribution is 5.88. The normalized spacial score (nSPS) is 15.5. The van der Waals surface area contributed by atoms with Crippen LogP contribution >= 0.6 is 0 Å². The second-order valence-corrected chi connectivity index (χ2v) is 6.20. The van der Waals surface area contributed by atoms with E-state index in [0.29, 0.717) is 17.6 Å². The molecule has 7 nitrogen and oxygen atoms in total. The number of piperidine rings is 1. The molecule has 3 rings (SSSR count). The van der Waals surface area contributed by atoms with Crippen LogP contribution in [-0.4, -0.2) is 39.1 Å². The largest absolute Gasteiger partial charge is 0.340 e. The van der Waals surface area contributed by atoms with Gasteiger partial charge in [-0.3, -0.25) is 5.32 Å². The molecule has 0 unspecified atom stereocenters. The number of likely N-dealkylation sites (tertiary alicyclic amines) is 1. The molecule has 1 saturated heterocycles. The fourth-order valence-corrected chi connectivity index (χ4v) is 2.92. The molecule has 2 amide bonds. The molecule has 0 aliphatic carbocycles. The van der Waals surface area contributed by atoms with Crippen LogP contribution in [0.1, 0.15) is 37.0 Å². The Hall–Kier alpha value is -2.44. The average molecular weight is 329 g/mol. The fourth-order valence-electron chi connectivity index (χ4n) is 2.92. The van der Waals surface area contributed by atoms with E-state index in [2.05, 4.69) is 27.4 Å². The van der Waals surface area contributed by atoms with Gasteiger partial charge in [0, 0.05) is 32.6 Å². The lowest BCUT2D eigenvalue weighted by Crippen LogP contribution is -2.41. The molecule has 1 aliphatic heterocycles. The third-order valence-corrected chi connectivity index (χ3v) is 4.41. The molecule has 3 heterocycles. The van der Waals surface area contributed by atoms with E-state index in [9.17, 15) is 4.79 Å². The topological polar surface area (TPSA) is 84.2 Å². The molecule has 2 aromatic rings. The SMILES string of the molecule is CCc1ccc(NC(=O)N2CCC(Cc3noc(C)n3)CC2)nc1. The van der Waals surface area contributed by atoms with E-state index in [1.807, 2.05) is 17.0 Å². The molecule has 0 spiro atoms. The molecule has 0 radical (unpaired) electrons. The average Bonchev–Trinajstić information content (AvgIpc) is 3.01. The number of aromatic nitrogens is 3. The lowest BCUT2D eigenvalue weighted by Gasteiger charge is -2.31. The van der Waals surface area contributed by atoms with Crippen molar-refractivity contribution in [2.45, 2.75) is 39.5 Å². The van der Waals surface area contributed by atoms with Gasteiger partial charge in [0.1, 0.15) is 5.82 Å². The molecule has 1 N–H and O–H groups in total. The van der Waals surface area contributed by atoms with E-state index in [1.54, 1.807) is 13.1 Å². The van der Waals surface area contributed by atoms with E-state index in [0.717, 1.165) is 50.2 Å². The van der Waals surface area contributed by atoms with Gasteiger partial charge in [0.15, 0.2) is 5.82 Å². The molecule has 2 aromatic heterocycles. The highest BCUT2D eigenvalue weighted by Gasteiger charge is 2.24. The van der Waals surface area contributed by atoms with Crippen LogP contribution in [-0.2, 0) is 12.8 Å². The van der Waals surface area contributed by atoms with Crippen molar-refractivity contribution in [2.24, 2.45) is 5.92 Å². The van der Waals surface area contributed by atoms with Gasteiger partial charge in [-0.15, -0.1) is 0 Å². The highest BCUT2D eigenvalue weighted by Crippen LogP contribution is 2.21. The maximum Gasteiger partial charge on any atom is 0.323 e. The molecule has 0 saturated carbocycles. The number of anilines is 1. The van der Waals surface area contributed by atoms with Crippen molar-refractivity contribution in [1.82, 2.24) is 20.0 Å². The van der Waals surface area contributed by atoms with Crippen molar-refractivity contribution < 1.29 is 9.32 Å². The maximum atomic E-state index is 12.3. The van der Waals surface area contributed by atoms with Gasteiger partial charge < -0.3 is 9.42 Å². The predicted octanol–water partition coefficient (Wildman–Crippen LogP) is 2.82. The minimum atomic E-state index is -0.0828. The van der Waals surface area contributed by atoms with Crippen LogP contribution in [0.3, 0.4) is 0 Å². The summed E-state index contributed by atoms with van der Waals surface area (Å²) in [6, 6.07) is 3.75. The number of pyridine rings is 1. The van der Waals surface area contributed by atoms with E-state index in [1.165, 1.54) is 0 Å². The lowest BCUT2D eigenvalue weighted by atomic mass is 9.93. The van der Waals surface area contributed by atoms with Crippen molar-refractivity contribution in [3.05, 3.63) is 35.6 Å². The minimum absolute atomic E-state index is 0.0828. The van der Waals surface area contributed by atoms with Crippen LogP contribution in [0, 0.1) is 12.8 Å². The standard InChI is InChI=1S/C17H23N5O2/c1-3-13-4-5-15(18-11-13)20-17(23)22-8-6-14(7-9-22)10-16-19-12(2)24-21-16/h4-5,11,14H,3,6-10H2,1-2H3,(H,18,20,23). The monoisotopic (exact) mass is 329 g/mol. The van der Waals surface area contributed by atoms with E-state index in [4.69, 9.17) is 4.52 Å². The molecule has 0 aromatic carbocycles. The van der Waals surface area contributed by atoms with Gasteiger partial charge in [0.2, 0.25) is 5.89 Å². The summed E-state index contributed by atoms with van der Waals surface area (Å²) in [5.41, 5.74) is 1.16. The van der Waals surface area contributed by atoms with Gasteiger partial charge in [-0.2, -0.15) is 4.98 Å². The van der Waals surface area contributed by atoms with Crippen LogP contribution in [0.2, 0.25) is 0 Å². The molecule has 24 heavy (non-hydrogen) atoms. The number of hydrogen-bond acceptors (Lipinski definition) is 5. The number of nitrogens with one attached hydrogen (secondary N) is 1. The number of hydrogen-bond donors (Lipinski definition) is 1. The second kappa shape index (κ2) is 7.42. The number of amides is 2. The molecule has 128 valence electrons. The van der Waals surface area contributed by atoms with Gasteiger partial charge in [0.05, 0.1) is 0 Å². The van der Waals surface area contributed by atoms with Crippen molar-refractivity contribution in [3.8, 4) is 0 Å². The second-order valence-electron chi connectivity index (χ2n) is 6.20. The Morgan fingerprint density at radius 3 is 2.75 bits per heavy atom. The summed E-state index contributed by atoms with van der Waals surface area (Å²) < 4.78 is 5.01. The first-order chi connectivity index (χ1) is 11.6. The highest BCUT2D eigenvalue weighted by atomic mass is 16.5. The number of carbonyl (C=O) groups is 1. The molecule has 7 heteroatoms. The molecule has 1 fully saturated rings. The van der Waals surface area contributed by atoms with Crippen LogP contribution < -0.4 is 5.32 Å². The summed E-state index contributed by atoms with van der Waals surface area (Å²) in [6.45, 7) is 5.35. The Morgan fingerprint density at radius 1 is 1.38 bits per heavy atom. The quantitative estimate of drug-likeness (QED) is 0.932.